The van der Waals surface area contributed by atoms with Gasteiger partial charge in [0.2, 0.25) is 0 Å². The van der Waals surface area contributed by atoms with Crippen LogP contribution in [0.5, 0.6) is 0 Å². The van der Waals surface area contributed by atoms with Crippen LogP contribution in [0.15, 0.2) is 0 Å². The Hall–Kier alpha value is -0.700. The van der Waals surface area contributed by atoms with Crippen molar-refractivity contribution in [3.05, 3.63) is 0 Å². The van der Waals surface area contributed by atoms with E-state index in [1.165, 1.54) is 0 Å². The average Bonchev–Trinajstić information content (AvgIpc) is 2.30. The van der Waals surface area contributed by atoms with Gasteiger partial charge in [-0.2, -0.15) is 0 Å². The van der Waals surface area contributed by atoms with E-state index in [9.17, 15) is 9.59 Å². The third-order valence-electron chi connectivity index (χ3n) is 3.80. The van der Waals surface area contributed by atoms with Gasteiger partial charge in [0.25, 0.3) is 0 Å². The fourth-order valence-corrected chi connectivity index (χ4v) is 2.39. The van der Waals surface area contributed by atoms with Gasteiger partial charge >= 0.3 is 0 Å². The van der Waals surface area contributed by atoms with Crippen LogP contribution in [-0.2, 0) is 9.59 Å². The molecule has 0 saturated heterocycles. The van der Waals surface area contributed by atoms with Crippen LogP contribution in [0, 0.1) is 17.8 Å². The van der Waals surface area contributed by atoms with Gasteiger partial charge in [0, 0.05) is 18.4 Å². The highest BCUT2D eigenvalue weighted by Crippen LogP contribution is 2.22. The second-order valence-electron chi connectivity index (χ2n) is 6.32. The molecule has 0 aliphatic carbocycles. The third-order valence-corrected chi connectivity index (χ3v) is 3.80. The van der Waals surface area contributed by atoms with Crippen LogP contribution >= 0.6 is 0 Å². The van der Waals surface area contributed by atoms with Crippen molar-refractivity contribution in [3.8, 4) is 0 Å². The highest BCUT2D eigenvalue weighted by molar-refractivity contribution is 5.90. The van der Waals surface area contributed by atoms with Crippen LogP contribution in [-0.4, -0.2) is 23.7 Å². The Kier molecular flexibility index (Phi) is 8.15. The molecule has 3 unspecified atom stereocenters. The summed E-state index contributed by atoms with van der Waals surface area (Å²) >= 11 is 0. The van der Waals surface area contributed by atoms with Crippen LogP contribution in [0.25, 0.3) is 0 Å². The monoisotopic (exact) mass is 269 g/mol. The molecule has 0 radical (unpaired) electrons. The lowest BCUT2D eigenvalue weighted by atomic mass is 9.82. The summed E-state index contributed by atoms with van der Waals surface area (Å²) < 4.78 is 0. The van der Waals surface area contributed by atoms with E-state index >= 15 is 0 Å². The molecule has 0 spiro atoms. The molecule has 0 fully saturated rings. The molecule has 3 atom stereocenters. The fraction of sp³-hybridized carbons (Fsp3) is 0.875. The van der Waals surface area contributed by atoms with Gasteiger partial charge in [-0.1, -0.05) is 48.0 Å². The minimum Gasteiger partial charge on any atom is -0.305 e. The van der Waals surface area contributed by atoms with Gasteiger partial charge in [0.15, 0.2) is 5.78 Å². The maximum absolute atomic E-state index is 12.4. The molecule has 0 rings (SSSR count). The molecule has 112 valence electrons. The summed E-state index contributed by atoms with van der Waals surface area (Å²) in [6.45, 7) is 13.9. The number of rotatable bonds is 9. The molecular formula is C16H31NO2. The Bertz CT molecular complexity index is 297. The molecule has 0 aromatic heterocycles. The highest BCUT2D eigenvalue weighted by Gasteiger charge is 2.29. The zero-order valence-electron chi connectivity index (χ0n) is 13.6. The number of ketones is 2. The number of Topliss-reactive ketones (excluding diaryl/α,β-unsaturated/α-hetero) is 2. The Balaban J connectivity index is 4.81. The van der Waals surface area contributed by atoms with Crippen molar-refractivity contribution in [2.24, 2.45) is 17.8 Å². The second kappa shape index (κ2) is 8.47. The summed E-state index contributed by atoms with van der Waals surface area (Å²) in [5.41, 5.74) is 0. The van der Waals surface area contributed by atoms with Gasteiger partial charge in [0.05, 0.1) is 6.04 Å². The Morgan fingerprint density at radius 1 is 1.05 bits per heavy atom. The number of carbonyl (C=O) groups excluding carboxylic acids is 2. The van der Waals surface area contributed by atoms with Crippen molar-refractivity contribution in [1.82, 2.24) is 5.32 Å². The van der Waals surface area contributed by atoms with Crippen molar-refractivity contribution >= 4 is 11.6 Å². The molecule has 0 heterocycles. The summed E-state index contributed by atoms with van der Waals surface area (Å²) in [6, 6.07) is 0.127. The smallest absolute Gasteiger partial charge is 0.150 e. The largest absolute Gasteiger partial charge is 0.305 e. The van der Waals surface area contributed by atoms with E-state index in [0.29, 0.717) is 6.42 Å². The number of hydrogen-bond donors (Lipinski definition) is 1. The topological polar surface area (TPSA) is 46.2 Å². The summed E-state index contributed by atoms with van der Waals surface area (Å²) in [5, 5.41) is 3.32. The quantitative estimate of drug-likeness (QED) is 0.699. The fourth-order valence-electron chi connectivity index (χ4n) is 2.39. The molecule has 0 aliphatic rings. The Labute approximate surface area is 118 Å². The standard InChI is InChI=1S/C16H31NO2/c1-8-12(6)14(13(7)18)9-15(19)16(10(2)3)17-11(4)5/h10-12,14,16-17H,8-9H2,1-7H3. The van der Waals surface area contributed by atoms with E-state index in [2.05, 4.69) is 19.2 Å². The zero-order chi connectivity index (χ0) is 15.2. The van der Waals surface area contributed by atoms with E-state index in [4.69, 9.17) is 0 Å². The van der Waals surface area contributed by atoms with Crippen LogP contribution in [0.3, 0.4) is 0 Å². The van der Waals surface area contributed by atoms with E-state index in [1.807, 2.05) is 27.7 Å². The molecule has 0 bridgehead atoms. The van der Waals surface area contributed by atoms with Crippen LogP contribution in [0.4, 0.5) is 0 Å². The number of hydrogen-bond acceptors (Lipinski definition) is 3. The molecule has 1 N–H and O–H groups in total. The molecule has 19 heavy (non-hydrogen) atoms. The van der Waals surface area contributed by atoms with Gasteiger partial charge in [-0.3, -0.25) is 9.59 Å². The third kappa shape index (κ3) is 6.33. The van der Waals surface area contributed by atoms with E-state index < -0.39 is 0 Å². The van der Waals surface area contributed by atoms with Crippen molar-refractivity contribution in [2.75, 3.05) is 0 Å². The van der Waals surface area contributed by atoms with Gasteiger partial charge in [0.1, 0.15) is 5.78 Å². The van der Waals surface area contributed by atoms with Crippen LogP contribution < -0.4 is 5.32 Å². The minimum absolute atomic E-state index is 0.132. The molecule has 3 nitrogen and oxygen atoms in total. The van der Waals surface area contributed by atoms with Gasteiger partial charge in [-0.05, 0) is 18.8 Å². The predicted octanol–water partition coefficient (Wildman–Crippen LogP) is 3.22. The maximum atomic E-state index is 12.4. The molecule has 0 aliphatic heterocycles. The number of carbonyl (C=O) groups is 2. The Morgan fingerprint density at radius 3 is 1.89 bits per heavy atom. The summed E-state index contributed by atoms with van der Waals surface area (Å²) in [5.74, 6) is 0.694. The first-order chi connectivity index (χ1) is 8.70. The van der Waals surface area contributed by atoms with Crippen molar-refractivity contribution in [2.45, 2.75) is 73.4 Å². The van der Waals surface area contributed by atoms with Gasteiger partial charge in [-0.25, -0.2) is 0 Å². The normalized spacial score (nSPS) is 16.5. The van der Waals surface area contributed by atoms with Crippen molar-refractivity contribution < 1.29 is 9.59 Å². The molecule has 3 heteroatoms. The van der Waals surface area contributed by atoms with Gasteiger partial charge in [-0.15, -0.1) is 0 Å². The van der Waals surface area contributed by atoms with Crippen molar-refractivity contribution in [1.29, 1.82) is 0 Å². The second-order valence-corrected chi connectivity index (χ2v) is 6.32. The van der Waals surface area contributed by atoms with Crippen molar-refractivity contribution in [3.63, 3.8) is 0 Å². The lowest BCUT2D eigenvalue weighted by Gasteiger charge is -2.27. The first-order valence-electron chi connectivity index (χ1n) is 7.49. The lowest BCUT2D eigenvalue weighted by molar-refractivity contribution is -0.129. The maximum Gasteiger partial charge on any atom is 0.150 e. The number of nitrogens with one attached hydrogen (secondary N) is 1. The molecular weight excluding hydrogens is 238 g/mol. The molecule has 0 aromatic rings. The minimum atomic E-state index is -0.147. The molecule has 0 aromatic carbocycles. The average molecular weight is 269 g/mol. The van der Waals surface area contributed by atoms with Crippen LogP contribution in [0.2, 0.25) is 0 Å². The predicted molar refractivity (Wildman–Crippen MR) is 80.1 cm³/mol. The SMILES string of the molecule is CCC(C)C(CC(=O)C(NC(C)C)C(C)C)C(C)=O. The summed E-state index contributed by atoms with van der Waals surface area (Å²) in [4.78, 5) is 24.2. The van der Waals surface area contributed by atoms with E-state index in [-0.39, 0.29) is 41.4 Å². The lowest BCUT2D eigenvalue weighted by Crippen LogP contribution is -2.45. The zero-order valence-corrected chi connectivity index (χ0v) is 13.6. The summed E-state index contributed by atoms with van der Waals surface area (Å²) in [6.07, 6.45) is 1.30. The van der Waals surface area contributed by atoms with Gasteiger partial charge < -0.3 is 5.32 Å². The molecule has 0 amide bonds. The van der Waals surface area contributed by atoms with E-state index in [0.717, 1.165) is 6.42 Å². The molecule has 0 saturated carbocycles. The van der Waals surface area contributed by atoms with E-state index in [1.54, 1.807) is 6.92 Å². The highest BCUT2D eigenvalue weighted by atomic mass is 16.1. The van der Waals surface area contributed by atoms with Crippen LogP contribution in [0.1, 0.15) is 61.3 Å². The first kappa shape index (κ1) is 18.3. The summed E-state index contributed by atoms with van der Waals surface area (Å²) in [7, 11) is 0. The first-order valence-corrected chi connectivity index (χ1v) is 7.49. The Morgan fingerprint density at radius 2 is 1.58 bits per heavy atom.